The van der Waals surface area contributed by atoms with Crippen molar-refractivity contribution in [1.82, 2.24) is 19.9 Å². The maximum absolute atomic E-state index is 12.3. The SMILES string of the molecule is Cc1noc([C@H]2CCCN(C(=O)CN3CSCC3=O)C2)n1. The molecule has 114 valence electrons. The first-order valence-electron chi connectivity index (χ1n) is 7.07. The van der Waals surface area contributed by atoms with Gasteiger partial charge in [-0.05, 0) is 19.8 Å². The largest absolute Gasteiger partial charge is 0.340 e. The van der Waals surface area contributed by atoms with Gasteiger partial charge in [0.1, 0.15) is 6.54 Å². The van der Waals surface area contributed by atoms with Crippen LogP contribution in [-0.4, -0.2) is 63.0 Å². The lowest BCUT2D eigenvalue weighted by Crippen LogP contribution is -2.45. The van der Waals surface area contributed by atoms with Gasteiger partial charge >= 0.3 is 0 Å². The quantitative estimate of drug-likeness (QED) is 0.814. The number of nitrogens with zero attached hydrogens (tertiary/aromatic N) is 4. The number of carbonyl (C=O) groups excluding carboxylic acids is 2. The third-order valence-electron chi connectivity index (χ3n) is 3.82. The predicted molar refractivity (Wildman–Crippen MR) is 76.6 cm³/mol. The lowest BCUT2D eigenvalue weighted by Gasteiger charge is -2.32. The first-order valence-corrected chi connectivity index (χ1v) is 8.22. The summed E-state index contributed by atoms with van der Waals surface area (Å²) in [5, 5.41) is 3.81. The summed E-state index contributed by atoms with van der Waals surface area (Å²) >= 11 is 1.55. The zero-order valence-electron chi connectivity index (χ0n) is 11.9. The van der Waals surface area contributed by atoms with Crippen molar-refractivity contribution in [3.05, 3.63) is 11.7 Å². The van der Waals surface area contributed by atoms with E-state index < -0.39 is 0 Å². The first kappa shape index (κ1) is 14.4. The van der Waals surface area contributed by atoms with Gasteiger partial charge in [-0.15, -0.1) is 11.8 Å². The van der Waals surface area contributed by atoms with E-state index >= 15 is 0 Å². The van der Waals surface area contributed by atoms with Crippen molar-refractivity contribution < 1.29 is 14.1 Å². The van der Waals surface area contributed by atoms with Crippen LogP contribution in [0.3, 0.4) is 0 Å². The molecule has 2 saturated heterocycles. The molecular formula is C13H18N4O3S. The number of rotatable bonds is 3. The van der Waals surface area contributed by atoms with Gasteiger partial charge in [-0.1, -0.05) is 5.16 Å². The number of piperidine rings is 1. The van der Waals surface area contributed by atoms with E-state index in [9.17, 15) is 9.59 Å². The van der Waals surface area contributed by atoms with E-state index in [0.29, 0.717) is 29.9 Å². The third-order valence-corrected chi connectivity index (χ3v) is 4.76. The van der Waals surface area contributed by atoms with Gasteiger partial charge in [-0.3, -0.25) is 9.59 Å². The van der Waals surface area contributed by atoms with Gasteiger partial charge in [0.25, 0.3) is 0 Å². The van der Waals surface area contributed by atoms with Crippen molar-refractivity contribution in [3.63, 3.8) is 0 Å². The van der Waals surface area contributed by atoms with Crippen LogP contribution in [0, 0.1) is 6.92 Å². The van der Waals surface area contributed by atoms with Crippen molar-refractivity contribution in [2.75, 3.05) is 31.3 Å². The minimum absolute atomic E-state index is 0.00628. The first-order chi connectivity index (χ1) is 10.1. The Morgan fingerprint density at radius 1 is 1.52 bits per heavy atom. The van der Waals surface area contributed by atoms with Crippen LogP contribution in [0.1, 0.15) is 30.5 Å². The van der Waals surface area contributed by atoms with E-state index in [1.807, 2.05) is 4.90 Å². The Morgan fingerprint density at radius 2 is 2.38 bits per heavy atom. The summed E-state index contributed by atoms with van der Waals surface area (Å²) in [5.41, 5.74) is 0. The van der Waals surface area contributed by atoms with Gasteiger partial charge in [-0.2, -0.15) is 4.98 Å². The molecule has 2 aliphatic heterocycles. The molecule has 21 heavy (non-hydrogen) atoms. The maximum atomic E-state index is 12.3. The number of aryl methyl sites for hydroxylation is 1. The number of hydrogen-bond acceptors (Lipinski definition) is 6. The third kappa shape index (κ3) is 3.20. The van der Waals surface area contributed by atoms with Gasteiger partial charge in [-0.25, -0.2) is 0 Å². The number of likely N-dealkylation sites (tertiary alicyclic amines) is 1. The molecular weight excluding hydrogens is 292 g/mol. The molecule has 0 bridgehead atoms. The summed E-state index contributed by atoms with van der Waals surface area (Å²) in [6.07, 6.45) is 1.87. The molecule has 2 fully saturated rings. The van der Waals surface area contributed by atoms with Gasteiger partial charge in [0.05, 0.1) is 17.5 Å². The summed E-state index contributed by atoms with van der Waals surface area (Å²) in [4.78, 5) is 31.6. The van der Waals surface area contributed by atoms with E-state index in [1.165, 1.54) is 0 Å². The highest BCUT2D eigenvalue weighted by molar-refractivity contribution is 8.00. The zero-order chi connectivity index (χ0) is 14.8. The van der Waals surface area contributed by atoms with Crippen LogP contribution in [0.2, 0.25) is 0 Å². The Bertz CT molecular complexity index is 547. The highest BCUT2D eigenvalue weighted by Gasteiger charge is 2.30. The fraction of sp³-hybridized carbons (Fsp3) is 0.692. The summed E-state index contributed by atoms with van der Waals surface area (Å²) < 4.78 is 5.22. The molecule has 3 heterocycles. The van der Waals surface area contributed by atoms with Gasteiger partial charge in [0.15, 0.2) is 5.82 Å². The van der Waals surface area contributed by atoms with Crippen LogP contribution in [0.4, 0.5) is 0 Å². The Morgan fingerprint density at radius 3 is 3.05 bits per heavy atom. The van der Waals surface area contributed by atoms with Gasteiger partial charge in [0.2, 0.25) is 17.7 Å². The van der Waals surface area contributed by atoms with Crippen molar-refractivity contribution in [2.24, 2.45) is 0 Å². The molecule has 0 spiro atoms. The molecule has 0 unspecified atom stereocenters. The zero-order valence-corrected chi connectivity index (χ0v) is 12.8. The Labute approximate surface area is 127 Å². The standard InChI is InChI=1S/C13H18N4O3S/c1-9-14-13(20-15-9)10-3-2-4-16(5-10)11(18)6-17-8-21-7-12(17)19/h10H,2-8H2,1H3/t10-/m0/s1. The minimum atomic E-state index is 0.00628. The van der Waals surface area contributed by atoms with Crippen LogP contribution in [0.5, 0.6) is 0 Å². The second kappa shape index (κ2) is 6.05. The van der Waals surface area contributed by atoms with Crippen molar-refractivity contribution in [1.29, 1.82) is 0 Å². The van der Waals surface area contributed by atoms with E-state index in [2.05, 4.69) is 10.1 Å². The highest BCUT2D eigenvalue weighted by atomic mass is 32.2. The molecule has 8 heteroatoms. The summed E-state index contributed by atoms with van der Waals surface area (Å²) in [6, 6.07) is 0. The smallest absolute Gasteiger partial charge is 0.242 e. The topological polar surface area (TPSA) is 79.5 Å². The Balaban J connectivity index is 1.60. The van der Waals surface area contributed by atoms with E-state index in [0.717, 1.165) is 19.4 Å². The average Bonchev–Trinajstić information content (AvgIpc) is 3.08. The number of aromatic nitrogens is 2. The monoisotopic (exact) mass is 310 g/mol. The molecule has 3 rings (SSSR count). The second-order valence-corrected chi connectivity index (χ2v) is 6.38. The normalized spacial score (nSPS) is 22.9. The van der Waals surface area contributed by atoms with Crippen molar-refractivity contribution >= 4 is 23.6 Å². The van der Waals surface area contributed by atoms with E-state index in [1.54, 1.807) is 23.6 Å². The average molecular weight is 310 g/mol. The highest BCUT2D eigenvalue weighted by Crippen LogP contribution is 2.26. The van der Waals surface area contributed by atoms with Crippen molar-refractivity contribution in [2.45, 2.75) is 25.7 Å². The summed E-state index contributed by atoms with van der Waals surface area (Å²) in [7, 11) is 0. The van der Waals surface area contributed by atoms with Crippen LogP contribution in [-0.2, 0) is 9.59 Å². The molecule has 0 N–H and O–H groups in total. The molecule has 0 saturated carbocycles. The molecule has 2 aliphatic rings. The molecule has 0 aliphatic carbocycles. The number of thioether (sulfide) groups is 1. The molecule has 0 aromatic carbocycles. The van der Waals surface area contributed by atoms with Gasteiger partial charge < -0.3 is 14.3 Å². The molecule has 2 amide bonds. The van der Waals surface area contributed by atoms with Crippen molar-refractivity contribution in [3.8, 4) is 0 Å². The Hall–Kier alpha value is -1.57. The van der Waals surface area contributed by atoms with Crippen LogP contribution in [0.25, 0.3) is 0 Å². The van der Waals surface area contributed by atoms with Crippen LogP contribution in [0.15, 0.2) is 4.52 Å². The second-order valence-electron chi connectivity index (χ2n) is 5.43. The number of amides is 2. The van der Waals surface area contributed by atoms with Crippen LogP contribution < -0.4 is 0 Å². The lowest BCUT2D eigenvalue weighted by molar-refractivity contribution is -0.138. The summed E-state index contributed by atoms with van der Waals surface area (Å²) in [6.45, 7) is 3.30. The predicted octanol–water partition coefficient (Wildman–Crippen LogP) is 0.617. The van der Waals surface area contributed by atoms with E-state index in [4.69, 9.17) is 4.52 Å². The lowest BCUT2D eigenvalue weighted by atomic mass is 9.98. The Kier molecular flexibility index (Phi) is 4.14. The van der Waals surface area contributed by atoms with Gasteiger partial charge in [0, 0.05) is 13.1 Å². The fourth-order valence-electron chi connectivity index (χ4n) is 2.69. The molecule has 7 nitrogen and oxygen atoms in total. The molecule has 1 aromatic rings. The number of hydrogen-bond donors (Lipinski definition) is 0. The minimum Gasteiger partial charge on any atom is -0.340 e. The van der Waals surface area contributed by atoms with E-state index in [-0.39, 0.29) is 24.3 Å². The van der Waals surface area contributed by atoms with Crippen LogP contribution >= 0.6 is 11.8 Å². The molecule has 0 radical (unpaired) electrons. The fourth-order valence-corrected chi connectivity index (χ4v) is 3.59. The maximum Gasteiger partial charge on any atom is 0.242 e. The molecule has 1 atom stereocenters. The number of carbonyl (C=O) groups is 2. The summed E-state index contributed by atoms with van der Waals surface area (Å²) in [5.74, 6) is 2.49. The molecule has 1 aromatic heterocycles.